The van der Waals surface area contributed by atoms with Crippen molar-refractivity contribution in [2.75, 3.05) is 12.8 Å². The Morgan fingerprint density at radius 3 is 2.39 bits per heavy atom. The van der Waals surface area contributed by atoms with Crippen LogP contribution in [0.3, 0.4) is 0 Å². The van der Waals surface area contributed by atoms with Crippen molar-refractivity contribution in [3.8, 4) is 0 Å². The van der Waals surface area contributed by atoms with Crippen molar-refractivity contribution in [3.63, 3.8) is 0 Å². The summed E-state index contributed by atoms with van der Waals surface area (Å²) in [5.41, 5.74) is -0.427. The second kappa shape index (κ2) is 6.35. The molecule has 0 aliphatic heterocycles. The Kier molecular flexibility index (Phi) is 5.62. The molecule has 1 aliphatic carbocycles. The van der Waals surface area contributed by atoms with Gasteiger partial charge in [0.25, 0.3) is 0 Å². The molecule has 0 spiro atoms. The van der Waals surface area contributed by atoms with Gasteiger partial charge in [-0.15, -0.1) is 0 Å². The fourth-order valence-electron chi connectivity index (χ4n) is 2.89. The van der Waals surface area contributed by atoms with Gasteiger partial charge in [0, 0.05) is 18.1 Å². The molecule has 0 radical (unpaired) electrons. The fraction of sp³-hybridized carbons (Fsp3) is 1.00. The van der Waals surface area contributed by atoms with Crippen molar-refractivity contribution >= 4 is 10.0 Å². The van der Waals surface area contributed by atoms with Crippen molar-refractivity contribution in [3.05, 3.63) is 0 Å². The van der Waals surface area contributed by atoms with E-state index >= 15 is 0 Å². The molecule has 0 aromatic carbocycles. The zero-order valence-corrected chi connectivity index (χ0v) is 12.9. The number of hydrogen-bond acceptors (Lipinski definition) is 3. The van der Waals surface area contributed by atoms with Gasteiger partial charge in [-0.1, -0.05) is 26.2 Å². The summed E-state index contributed by atoms with van der Waals surface area (Å²) in [6.45, 7) is 6.77. The molecule has 5 heteroatoms. The first-order valence-electron chi connectivity index (χ1n) is 6.96. The van der Waals surface area contributed by atoms with E-state index in [1.807, 2.05) is 13.8 Å². The molecule has 1 fully saturated rings. The molecule has 0 aromatic heterocycles. The minimum atomic E-state index is -3.14. The SMILES string of the molecule is CCC1CCCCC1NCC(C)(C)NS(C)(=O)=O. The largest absolute Gasteiger partial charge is 0.312 e. The maximum Gasteiger partial charge on any atom is 0.209 e. The maximum absolute atomic E-state index is 11.3. The van der Waals surface area contributed by atoms with Gasteiger partial charge in [-0.2, -0.15) is 0 Å². The monoisotopic (exact) mass is 276 g/mol. The molecule has 2 unspecified atom stereocenters. The summed E-state index contributed by atoms with van der Waals surface area (Å²) in [5.74, 6) is 0.743. The molecular formula is C13H28N2O2S. The highest BCUT2D eigenvalue weighted by Gasteiger charge is 2.27. The molecule has 1 saturated carbocycles. The third-order valence-electron chi connectivity index (χ3n) is 3.70. The molecule has 2 atom stereocenters. The van der Waals surface area contributed by atoms with E-state index in [1.165, 1.54) is 38.4 Å². The Labute approximate surface area is 112 Å². The van der Waals surface area contributed by atoms with Crippen molar-refractivity contribution in [2.45, 2.75) is 64.5 Å². The second-order valence-electron chi connectivity index (χ2n) is 6.20. The van der Waals surface area contributed by atoms with Gasteiger partial charge in [-0.25, -0.2) is 13.1 Å². The molecule has 4 nitrogen and oxygen atoms in total. The normalized spacial score (nSPS) is 26.2. The van der Waals surface area contributed by atoms with E-state index in [1.54, 1.807) is 0 Å². The first-order valence-corrected chi connectivity index (χ1v) is 8.85. The van der Waals surface area contributed by atoms with E-state index in [-0.39, 0.29) is 0 Å². The molecule has 0 aromatic rings. The molecule has 0 heterocycles. The van der Waals surface area contributed by atoms with E-state index in [9.17, 15) is 8.42 Å². The van der Waals surface area contributed by atoms with Gasteiger partial charge in [-0.05, 0) is 32.6 Å². The predicted molar refractivity (Wildman–Crippen MR) is 76.1 cm³/mol. The molecule has 0 bridgehead atoms. The average molecular weight is 276 g/mol. The zero-order valence-electron chi connectivity index (χ0n) is 12.1. The summed E-state index contributed by atoms with van der Waals surface area (Å²) in [5, 5.41) is 3.56. The number of sulfonamides is 1. The topological polar surface area (TPSA) is 58.2 Å². The first-order chi connectivity index (χ1) is 8.23. The Morgan fingerprint density at radius 2 is 1.83 bits per heavy atom. The number of nitrogens with one attached hydrogen (secondary N) is 2. The van der Waals surface area contributed by atoms with Gasteiger partial charge >= 0.3 is 0 Å². The predicted octanol–water partition coefficient (Wildman–Crippen LogP) is 1.87. The van der Waals surface area contributed by atoms with Crippen LogP contribution in [-0.4, -0.2) is 32.8 Å². The fourth-order valence-corrected chi connectivity index (χ4v) is 3.97. The van der Waals surface area contributed by atoms with Gasteiger partial charge < -0.3 is 5.32 Å². The van der Waals surface area contributed by atoms with Crippen molar-refractivity contribution in [1.29, 1.82) is 0 Å². The minimum absolute atomic E-state index is 0.427. The molecule has 1 rings (SSSR count). The van der Waals surface area contributed by atoms with Crippen LogP contribution >= 0.6 is 0 Å². The van der Waals surface area contributed by atoms with Crippen LogP contribution in [-0.2, 0) is 10.0 Å². The van der Waals surface area contributed by atoms with Crippen LogP contribution in [0.1, 0.15) is 52.9 Å². The Hall–Kier alpha value is -0.130. The third kappa shape index (κ3) is 5.67. The van der Waals surface area contributed by atoms with E-state index in [0.717, 1.165) is 5.92 Å². The highest BCUT2D eigenvalue weighted by Crippen LogP contribution is 2.26. The number of rotatable bonds is 6. The van der Waals surface area contributed by atoms with Crippen LogP contribution in [0.15, 0.2) is 0 Å². The van der Waals surface area contributed by atoms with Crippen LogP contribution in [0.5, 0.6) is 0 Å². The molecule has 2 N–H and O–H groups in total. The number of hydrogen-bond donors (Lipinski definition) is 2. The Balaban J connectivity index is 2.47. The van der Waals surface area contributed by atoms with E-state index in [2.05, 4.69) is 17.0 Å². The van der Waals surface area contributed by atoms with Crippen molar-refractivity contribution in [1.82, 2.24) is 10.0 Å². The van der Waals surface area contributed by atoms with Crippen molar-refractivity contribution < 1.29 is 8.42 Å². The lowest BCUT2D eigenvalue weighted by Gasteiger charge is -2.35. The highest BCUT2D eigenvalue weighted by molar-refractivity contribution is 7.88. The van der Waals surface area contributed by atoms with E-state index in [0.29, 0.717) is 12.6 Å². The highest BCUT2D eigenvalue weighted by atomic mass is 32.2. The summed E-state index contributed by atoms with van der Waals surface area (Å²) in [7, 11) is -3.14. The minimum Gasteiger partial charge on any atom is -0.312 e. The zero-order chi connectivity index (χ0) is 13.8. The molecule has 0 saturated heterocycles. The van der Waals surface area contributed by atoms with Crippen LogP contribution in [0, 0.1) is 5.92 Å². The summed E-state index contributed by atoms with van der Waals surface area (Å²) in [6.07, 6.45) is 7.55. The van der Waals surface area contributed by atoms with E-state index < -0.39 is 15.6 Å². The summed E-state index contributed by atoms with van der Waals surface area (Å²) < 4.78 is 25.2. The smallest absolute Gasteiger partial charge is 0.209 e. The molecule has 18 heavy (non-hydrogen) atoms. The quantitative estimate of drug-likeness (QED) is 0.778. The lowest BCUT2D eigenvalue weighted by molar-refractivity contribution is 0.240. The summed E-state index contributed by atoms with van der Waals surface area (Å²) in [4.78, 5) is 0. The van der Waals surface area contributed by atoms with Gasteiger partial charge in [0.2, 0.25) is 10.0 Å². The Morgan fingerprint density at radius 1 is 1.22 bits per heavy atom. The second-order valence-corrected chi connectivity index (χ2v) is 7.95. The van der Waals surface area contributed by atoms with Crippen LogP contribution in [0.4, 0.5) is 0 Å². The Bertz CT molecular complexity index is 352. The summed E-state index contributed by atoms with van der Waals surface area (Å²) in [6, 6.07) is 0.546. The van der Waals surface area contributed by atoms with Crippen LogP contribution in [0.2, 0.25) is 0 Å². The molecular weight excluding hydrogens is 248 g/mol. The standard InChI is InChI=1S/C13H28N2O2S/c1-5-11-8-6-7-9-12(11)14-10-13(2,3)15-18(4,16)17/h11-12,14-15H,5-10H2,1-4H3. The lowest BCUT2D eigenvalue weighted by Crippen LogP contribution is -2.53. The van der Waals surface area contributed by atoms with Gasteiger partial charge in [0.05, 0.1) is 6.26 Å². The van der Waals surface area contributed by atoms with Crippen molar-refractivity contribution in [2.24, 2.45) is 5.92 Å². The van der Waals surface area contributed by atoms with E-state index in [4.69, 9.17) is 0 Å². The lowest BCUT2D eigenvalue weighted by atomic mass is 9.82. The molecule has 108 valence electrons. The summed E-state index contributed by atoms with van der Waals surface area (Å²) >= 11 is 0. The van der Waals surface area contributed by atoms with Crippen LogP contribution in [0.25, 0.3) is 0 Å². The van der Waals surface area contributed by atoms with Gasteiger partial charge in [0.1, 0.15) is 0 Å². The molecule has 1 aliphatic rings. The third-order valence-corrected chi connectivity index (χ3v) is 4.62. The van der Waals surface area contributed by atoms with Crippen LogP contribution < -0.4 is 10.0 Å². The van der Waals surface area contributed by atoms with Gasteiger partial charge in [-0.3, -0.25) is 0 Å². The molecule has 0 amide bonds. The maximum atomic E-state index is 11.3. The average Bonchev–Trinajstić information content (AvgIpc) is 2.23. The first kappa shape index (κ1) is 15.9. The van der Waals surface area contributed by atoms with Gasteiger partial charge in [0.15, 0.2) is 0 Å².